The summed E-state index contributed by atoms with van der Waals surface area (Å²) in [5, 5.41) is 3.61. The smallest absolute Gasteiger partial charge is 0.0404 e. The molecule has 0 saturated carbocycles. The Morgan fingerprint density at radius 1 is 1.28 bits per heavy atom. The highest BCUT2D eigenvalue weighted by Crippen LogP contribution is 2.31. The van der Waals surface area contributed by atoms with E-state index in [1.807, 2.05) is 0 Å². The molecule has 0 radical (unpaired) electrons. The minimum Gasteiger partial charge on any atom is -0.365 e. The third kappa shape index (κ3) is 2.69. The molecule has 0 spiro atoms. The van der Waals surface area contributed by atoms with Gasteiger partial charge in [-0.05, 0) is 38.3 Å². The van der Waals surface area contributed by atoms with Gasteiger partial charge < -0.3 is 10.2 Å². The van der Waals surface area contributed by atoms with Gasteiger partial charge in [-0.2, -0.15) is 0 Å². The zero-order valence-electron chi connectivity index (χ0n) is 12.3. The van der Waals surface area contributed by atoms with Gasteiger partial charge in [-0.25, -0.2) is 0 Å². The van der Waals surface area contributed by atoms with Crippen LogP contribution in [0.1, 0.15) is 46.1 Å². The summed E-state index contributed by atoms with van der Waals surface area (Å²) in [6.07, 6.45) is 0. The Morgan fingerprint density at radius 2 is 1.94 bits per heavy atom. The summed E-state index contributed by atoms with van der Waals surface area (Å²) in [7, 11) is 0. The van der Waals surface area contributed by atoms with Crippen LogP contribution in [-0.2, 0) is 0 Å². The van der Waals surface area contributed by atoms with Crippen LogP contribution >= 0.6 is 0 Å². The predicted octanol–water partition coefficient (Wildman–Crippen LogP) is 3.39. The number of anilines is 1. The first-order valence-corrected chi connectivity index (χ1v) is 7.01. The summed E-state index contributed by atoms with van der Waals surface area (Å²) in [5.41, 5.74) is 3.06. The molecule has 2 heteroatoms. The van der Waals surface area contributed by atoms with Crippen molar-refractivity contribution < 1.29 is 0 Å². The van der Waals surface area contributed by atoms with E-state index in [2.05, 4.69) is 69.1 Å². The molecule has 2 nitrogen and oxygen atoms in total. The number of nitrogens with one attached hydrogen (secondary N) is 1. The Labute approximate surface area is 111 Å². The molecule has 0 aromatic heterocycles. The predicted molar refractivity (Wildman–Crippen MR) is 79.4 cm³/mol. The maximum atomic E-state index is 3.61. The number of piperazine rings is 1. The van der Waals surface area contributed by atoms with Crippen molar-refractivity contribution in [3.63, 3.8) is 0 Å². The maximum Gasteiger partial charge on any atom is 0.0404 e. The normalized spacial score (nSPS) is 23.4. The van der Waals surface area contributed by atoms with Crippen LogP contribution in [0.2, 0.25) is 0 Å². The monoisotopic (exact) mass is 246 g/mol. The van der Waals surface area contributed by atoms with Crippen molar-refractivity contribution in [2.24, 2.45) is 0 Å². The summed E-state index contributed by atoms with van der Waals surface area (Å²) in [5.74, 6) is 0.575. The summed E-state index contributed by atoms with van der Waals surface area (Å²) in [6, 6.07) is 9.40. The lowest BCUT2D eigenvalue weighted by Crippen LogP contribution is -2.61. The third-order valence-corrected chi connectivity index (χ3v) is 3.84. The highest BCUT2D eigenvalue weighted by molar-refractivity contribution is 5.56. The van der Waals surface area contributed by atoms with E-state index in [1.54, 1.807) is 0 Å². The van der Waals surface area contributed by atoms with E-state index < -0.39 is 0 Å². The van der Waals surface area contributed by atoms with E-state index in [1.165, 1.54) is 11.3 Å². The molecule has 0 amide bonds. The van der Waals surface area contributed by atoms with Gasteiger partial charge in [0.1, 0.15) is 0 Å². The van der Waals surface area contributed by atoms with Crippen LogP contribution in [-0.4, -0.2) is 24.7 Å². The molecule has 1 atom stereocenters. The van der Waals surface area contributed by atoms with Crippen LogP contribution in [0.5, 0.6) is 0 Å². The molecule has 1 fully saturated rings. The van der Waals surface area contributed by atoms with Crippen molar-refractivity contribution in [1.29, 1.82) is 0 Å². The largest absolute Gasteiger partial charge is 0.365 e. The second-order valence-corrected chi connectivity index (χ2v) is 6.46. The zero-order valence-corrected chi connectivity index (χ0v) is 12.3. The highest BCUT2D eigenvalue weighted by atomic mass is 15.2. The van der Waals surface area contributed by atoms with Crippen molar-refractivity contribution in [2.45, 2.75) is 52.1 Å². The van der Waals surface area contributed by atoms with Crippen LogP contribution in [0.15, 0.2) is 24.3 Å². The Morgan fingerprint density at radius 3 is 2.61 bits per heavy atom. The number of hydrogen-bond donors (Lipinski definition) is 1. The molecule has 1 aromatic rings. The molecule has 1 heterocycles. The van der Waals surface area contributed by atoms with E-state index in [0.29, 0.717) is 12.0 Å². The average molecular weight is 246 g/mol. The lowest BCUT2D eigenvalue weighted by Gasteiger charge is -2.45. The molecule has 1 N–H and O–H groups in total. The topological polar surface area (TPSA) is 15.3 Å². The van der Waals surface area contributed by atoms with E-state index in [0.717, 1.165) is 13.1 Å². The first-order valence-electron chi connectivity index (χ1n) is 7.01. The van der Waals surface area contributed by atoms with Crippen molar-refractivity contribution in [1.82, 2.24) is 5.32 Å². The molecule has 18 heavy (non-hydrogen) atoms. The van der Waals surface area contributed by atoms with Crippen LogP contribution in [0.25, 0.3) is 0 Å². The fourth-order valence-corrected chi connectivity index (χ4v) is 2.73. The molecular weight excluding hydrogens is 220 g/mol. The molecular formula is C16H26N2. The summed E-state index contributed by atoms with van der Waals surface area (Å²) >= 11 is 0. The number of para-hydroxylation sites is 1. The molecule has 1 unspecified atom stereocenters. The lowest BCUT2D eigenvalue weighted by molar-refractivity contribution is 0.318. The molecule has 1 aliphatic rings. The van der Waals surface area contributed by atoms with Gasteiger partial charge in [0, 0.05) is 30.4 Å². The number of benzene rings is 1. The highest BCUT2D eigenvalue weighted by Gasteiger charge is 2.31. The Hall–Kier alpha value is -1.02. The Balaban J connectivity index is 2.35. The van der Waals surface area contributed by atoms with Crippen molar-refractivity contribution in [3.05, 3.63) is 29.8 Å². The van der Waals surface area contributed by atoms with Gasteiger partial charge >= 0.3 is 0 Å². The van der Waals surface area contributed by atoms with E-state index in [4.69, 9.17) is 0 Å². The Bertz CT molecular complexity index is 409. The molecule has 0 aliphatic carbocycles. The van der Waals surface area contributed by atoms with Crippen molar-refractivity contribution in [3.8, 4) is 0 Å². The fourth-order valence-electron chi connectivity index (χ4n) is 2.73. The average Bonchev–Trinajstić information content (AvgIpc) is 2.32. The zero-order chi connectivity index (χ0) is 13.3. The van der Waals surface area contributed by atoms with Crippen molar-refractivity contribution in [2.75, 3.05) is 18.0 Å². The van der Waals surface area contributed by atoms with Gasteiger partial charge in [-0.15, -0.1) is 0 Å². The van der Waals surface area contributed by atoms with Crippen molar-refractivity contribution >= 4 is 5.69 Å². The molecule has 100 valence electrons. The van der Waals surface area contributed by atoms with E-state index in [-0.39, 0.29) is 5.54 Å². The van der Waals surface area contributed by atoms with Gasteiger partial charge in [0.15, 0.2) is 0 Å². The Kier molecular flexibility index (Phi) is 3.67. The number of hydrogen-bond acceptors (Lipinski definition) is 2. The summed E-state index contributed by atoms with van der Waals surface area (Å²) in [6.45, 7) is 13.5. The van der Waals surface area contributed by atoms with Gasteiger partial charge in [0.25, 0.3) is 0 Å². The SMILES string of the molecule is CC(C)c1ccccc1N1CC(C)(C)NCC1C. The quantitative estimate of drug-likeness (QED) is 0.860. The molecule has 0 bridgehead atoms. The lowest BCUT2D eigenvalue weighted by atomic mass is 9.95. The van der Waals surface area contributed by atoms with E-state index >= 15 is 0 Å². The second kappa shape index (κ2) is 4.93. The number of nitrogens with zero attached hydrogens (tertiary/aromatic N) is 1. The van der Waals surface area contributed by atoms with E-state index in [9.17, 15) is 0 Å². The van der Waals surface area contributed by atoms with Gasteiger partial charge in [0.05, 0.1) is 0 Å². The first kappa shape index (κ1) is 13.4. The van der Waals surface area contributed by atoms with Gasteiger partial charge in [-0.1, -0.05) is 32.0 Å². The standard InChI is InChI=1S/C16H26N2/c1-12(2)14-8-6-7-9-15(14)18-11-16(4,5)17-10-13(18)3/h6-9,12-13,17H,10-11H2,1-5H3. The summed E-state index contributed by atoms with van der Waals surface area (Å²) in [4.78, 5) is 2.56. The van der Waals surface area contributed by atoms with Gasteiger partial charge in [0.2, 0.25) is 0 Å². The fraction of sp³-hybridized carbons (Fsp3) is 0.625. The minimum absolute atomic E-state index is 0.191. The van der Waals surface area contributed by atoms with Crippen LogP contribution in [0.4, 0.5) is 5.69 Å². The minimum atomic E-state index is 0.191. The molecule has 1 aliphatic heterocycles. The van der Waals surface area contributed by atoms with Crippen LogP contribution in [0, 0.1) is 0 Å². The maximum absolute atomic E-state index is 3.61. The second-order valence-electron chi connectivity index (χ2n) is 6.46. The van der Waals surface area contributed by atoms with Crippen LogP contribution in [0.3, 0.4) is 0 Å². The number of rotatable bonds is 2. The van der Waals surface area contributed by atoms with Gasteiger partial charge in [-0.3, -0.25) is 0 Å². The molecule has 1 saturated heterocycles. The molecule has 2 rings (SSSR count). The third-order valence-electron chi connectivity index (χ3n) is 3.84. The molecule has 1 aromatic carbocycles. The first-order chi connectivity index (χ1) is 8.41. The summed E-state index contributed by atoms with van der Waals surface area (Å²) < 4.78 is 0. The van der Waals surface area contributed by atoms with Crippen LogP contribution < -0.4 is 10.2 Å².